The number of benzene rings is 3. The molecule has 0 spiro atoms. The Morgan fingerprint density at radius 2 is 1.48 bits per heavy atom. The minimum atomic E-state index is -0.0266. The second-order valence-electron chi connectivity index (χ2n) is 7.62. The van der Waals surface area contributed by atoms with E-state index in [0.29, 0.717) is 12.1 Å². The van der Waals surface area contributed by atoms with Crippen LogP contribution in [0.15, 0.2) is 77.8 Å². The molecule has 146 valence electrons. The van der Waals surface area contributed by atoms with Gasteiger partial charge in [0, 0.05) is 0 Å². The van der Waals surface area contributed by atoms with E-state index in [1.54, 1.807) is 14.2 Å². The Hall–Kier alpha value is -3.11. The van der Waals surface area contributed by atoms with Gasteiger partial charge in [-0.2, -0.15) is 0 Å². The van der Waals surface area contributed by atoms with E-state index in [2.05, 4.69) is 72.5 Å². The molecule has 0 amide bonds. The Balaban J connectivity index is 1.57. The van der Waals surface area contributed by atoms with E-state index in [9.17, 15) is 0 Å². The first kappa shape index (κ1) is 18.0. The summed E-state index contributed by atoms with van der Waals surface area (Å²) in [6.07, 6.45) is -0.0266. The van der Waals surface area contributed by atoms with Crippen LogP contribution in [0.1, 0.15) is 34.5 Å². The van der Waals surface area contributed by atoms with E-state index in [0.717, 1.165) is 17.1 Å². The molecule has 0 aromatic heterocycles. The maximum Gasteiger partial charge on any atom is 0.161 e. The third kappa shape index (κ3) is 3.00. The zero-order valence-electron chi connectivity index (χ0n) is 16.9. The summed E-state index contributed by atoms with van der Waals surface area (Å²) in [4.78, 5) is 7.62. The van der Waals surface area contributed by atoms with E-state index in [-0.39, 0.29) is 6.17 Å². The summed E-state index contributed by atoms with van der Waals surface area (Å²) in [7, 11) is 3.33. The molecular formula is C25H24N2O2. The average Bonchev–Trinajstić information content (AvgIpc) is 3.38. The molecule has 4 heteroatoms. The van der Waals surface area contributed by atoms with Crippen LogP contribution in [0.3, 0.4) is 0 Å². The fourth-order valence-corrected chi connectivity index (χ4v) is 4.35. The summed E-state index contributed by atoms with van der Waals surface area (Å²) in [5, 5.41) is 0. The summed E-state index contributed by atoms with van der Waals surface area (Å²) >= 11 is 0. The molecular weight excluding hydrogens is 360 g/mol. The van der Waals surface area contributed by atoms with Crippen molar-refractivity contribution in [2.75, 3.05) is 14.2 Å². The molecule has 5 rings (SSSR count). The number of aryl methyl sites for hydroxylation is 1. The van der Waals surface area contributed by atoms with E-state index >= 15 is 0 Å². The summed E-state index contributed by atoms with van der Waals surface area (Å²) in [5.41, 5.74) is 6.08. The van der Waals surface area contributed by atoms with E-state index in [1.807, 2.05) is 12.1 Å². The van der Waals surface area contributed by atoms with Gasteiger partial charge in [0.1, 0.15) is 6.17 Å². The molecule has 2 aliphatic heterocycles. The summed E-state index contributed by atoms with van der Waals surface area (Å²) in [5.74, 6) is 1.47. The van der Waals surface area contributed by atoms with Crippen molar-refractivity contribution in [3.05, 3.63) is 95.1 Å². The molecule has 3 aromatic carbocycles. The minimum absolute atomic E-state index is 0.0266. The number of aliphatic imine (C=N–C) groups is 1. The first-order valence-corrected chi connectivity index (χ1v) is 9.90. The maximum atomic E-state index is 5.53. The second-order valence-corrected chi connectivity index (χ2v) is 7.62. The topological polar surface area (TPSA) is 33.8 Å². The average molecular weight is 384 g/mol. The highest BCUT2D eigenvalue weighted by molar-refractivity contribution is 6.08. The quantitative estimate of drug-likeness (QED) is 0.584. The number of ether oxygens (including phenoxy) is 2. The highest BCUT2D eigenvalue weighted by Crippen LogP contribution is 2.56. The number of fused-ring (bicyclic) bond motifs is 1. The highest BCUT2D eigenvalue weighted by Gasteiger charge is 2.59. The molecule has 2 heterocycles. The highest BCUT2D eigenvalue weighted by atomic mass is 16.5. The standard InChI is InChI=1S/C25H24N2O2/c1-16-9-11-17(12-10-16)22-24-23(18-7-5-4-6-8-18)27(24)25(26-22)19-13-14-20(28-2)21(15-19)29-3/h4-15,23-25H,1-3H3/t23-,24-,25+,27?/m0/s1. The SMILES string of the molecule is COc1ccc([C@@H]2N=C(c3ccc(C)cc3)[C@H]3[C@H](c4ccccc4)N23)cc1OC. The van der Waals surface area contributed by atoms with Crippen LogP contribution in [0.25, 0.3) is 0 Å². The zero-order chi connectivity index (χ0) is 20.0. The second kappa shape index (κ2) is 7.05. The predicted octanol–water partition coefficient (Wildman–Crippen LogP) is 4.94. The van der Waals surface area contributed by atoms with Gasteiger partial charge in [0.05, 0.1) is 32.0 Å². The molecule has 0 saturated carbocycles. The zero-order valence-corrected chi connectivity index (χ0v) is 16.9. The molecule has 3 aromatic rings. The molecule has 0 aliphatic carbocycles. The third-order valence-corrected chi connectivity index (χ3v) is 5.87. The fraction of sp³-hybridized carbons (Fsp3) is 0.240. The van der Waals surface area contributed by atoms with Crippen molar-refractivity contribution < 1.29 is 9.47 Å². The fourth-order valence-electron chi connectivity index (χ4n) is 4.35. The molecule has 2 aliphatic rings. The van der Waals surface area contributed by atoms with Crippen LogP contribution in [-0.2, 0) is 0 Å². The summed E-state index contributed by atoms with van der Waals surface area (Å²) < 4.78 is 10.9. The molecule has 29 heavy (non-hydrogen) atoms. The van der Waals surface area contributed by atoms with Gasteiger partial charge in [0.15, 0.2) is 11.5 Å². The minimum Gasteiger partial charge on any atom is -0.493 e. The van der Waals surface area contributed by atoms with Crippen LogP contribution >= 0.6 is 0 Å². The van der Waals surface area contributed by atoms with Gasteiger partial charge in [-0.25, -0.2) is 0 Å². The van der Waals surface area contributed by atoms with Crippen molar-refractivity contribution in [2.45, 2.75) is 25.2 Å². The molecule has 0 bridgehead atoms. The number of hydrogen-bond donors (Lipinski definition) is 0. The molecule has 1 saturated heterocycles. The van der Waals surface area contributed by atoms with Crippen molar-refractivity contribution in [2.24, 2.45) is 4.99 Å². The lowest BCUT2D eigenvalue weighted by atomic mass is 10.0. The monoisotopic (exact) mass is 384 g/mol. The number of rotatable bonds is 5. The molecule has 1 unspecified atom stereocenters. The third-order valence-electron chi connectivity index (χ3n) is 5.87. The number of nitrogens with zero attached hydrogens (tertiary/aromatic N) is 2. The first-order valence-electron chi connectivity index (χ1n) is 9.90. The number of hydrogen-bond acceptors (Lipinski definition) is 4. The van der Waals surface area contributed by atoms with Crippen molar-refractivity contribution >= 4 is 5.71 Å². The maximum absolute atomic E-state index is 5.53. The van der Waals surface area contributed by atoms with Gasteiger partial charge in [0.25, 0.3) is 0 Å². The van der Waals surface area contributed by atoms with Crippen LogP contribution in [0.2, 0.25) is 0 Å². The van der Waals surface area contributed by atoms with Crippen molar-refractivity contribution in [3.63, 3.8) is 0 Å². The molecule has 4 nitrogen and oxygen atoms in total. The normalized spacial score (nSPS) is 24.6. The van der Waals surface area contributed by atoms with Gasteiger partial charge >= 0.3 is 0 Å². The van der Waals surface area contributed by atoms with Crippen LogP contribution < -0.4 is 9.47 Å². The molecule has 0 radical (unpaired) electrons. The summed E-state index contributed by atoms with van der Waals surface area (Å²) in [6.45, 7) is 2.11. The largest absolute Gasteiger partial charge is 0.493 e. The first-order chi connectivity index (χ1) is 14.2. The number of methoxy groups -OCH3 is 2. The molecule has 4 atom stereocenters. The Kier molecular flexibility index (Phi) is 4.36. The van der Waals surface area contributed by atoms with Crippen molar-refractivity contribution in [3.8, 4) is 11.5 Å². The van der Waals surface area contributed by atoms with Crippen molar-refractivity contribution in [1.82, 2.24) is 4.90 Å². The van der Waals surface area contributed by atoms with Gasteiger partial charge in [-0.1, -0.05) is 66.2 Å². The Bertz CT molecular complexity index is 1060. The lowest BCUT2D eigenvalue weighted by Crippen LogP contribution is -2.08. The molecule has 0 N–H and O–H groups in total. The van der Waals surface area contributed by atoms with E-state index in [1.165, 1.54) is 22.4 Å². The predicted molar refractivity (Wildman–Crippen MR) is 115 cm³/mol. The lowest BCUT2D eigenvalue weighted by molar-refractivity contribution is 0.351. The van der Waals surface area contributed by atoms with Gasteiger partial charge in [-0.05, 0) is 35.7 Å². The van der Waals surface area contributed by atoms with E-state index < -0.39 is 0 Å². The van der Waals surface area contributed by atoms with E-state index in [4.69, 9.17) is 14.5 Å². The smallest absolute Gasteiger partial charge is 0.161 e. The van der Waals surface area contributed by atoms with Crippen molar-refractivity contribution in [1.29, 1.82) is 0 Å². The molecule has 1 fully saturated rings. The van der Waals surface area contributed by atoms with Gasteiger partial charge in [0.2, 0.25) is 0 Å². The Morgan fingerprint density at radius 1 is 0.759 bits per heavy atom. The van der Waals surface area contributed by atoms with Crippen LogP contribution in [-0.4, -0.2) is 30.9 Å². The van der Waals surface area contributed by atoms with Crippen LogP contribution in [0.5, 0.6) is 11.5 Å². The van der Waals surface area contributed by atoms with Crippen LogP contribution in [0.4, 0.5) is 0 Å². The van der Waals surface area contributed by atoms with Crippen LogP contribution in [0, 0.1) is 6.92 Å². The Morgan fingerprint density at radius 3 is 2.17 bits per heavy atom. The Labute approximate surface area is 171 Å². The lowest BCUT2D eigenvalue weighted by Gasteiger charge is -2.16. The van der Waals surface area contributed by atoms with Gasteiger partial charge < -0.3 is 9.47 Å². The summed E-state index contributed by atoms with van der Waals surface area (Å²) in [6, 6.07) is 26.1. The van der Waals surface area contributed by atoms with Gasteiger partial charge in [-0.15, -0.1) is 0 Å². The van der Waals surface area contributed by atoms with Gasteiger partial charge in [-0.3, -0.25) is 9.89 Å².